The minimum absolute atomic E-state index is 0. The van der Waals surface area contributed by atoms with Crippen LogP contribution < -0.4 is 16.0 Å². The molecule has 0 amide bonds. The zero-order valence-corrected chi connectivity index (χ0v) is 20.7. The molecule has 3 N–H and O–H groups in total. The highest BCUT2D eigenvalue weighted by atomic mass is 127. The van der Waals surface area contributed by atoms with Gasteiger partial charge in [0.15, 0.2) is 5.96 Å². The Bertz CT molecular complexity index is 533. The smallest absolute Gasteiger partial charge is 0.191 e. The van der Waals surface area contributed by atoms with E-state index < -0.39 is 0 Å². The van der Waals surface area contributed by atoms with Crippen LogP contribution in [0.15, 0.2) is 22.5 Å². The molecule has 7 heteroatoms. The van der Waals surface area contributed by atoms with Crippen LogP contribution in [-0.4, -0.2) is 56.2 Å². The standard InChI is InChI=1S/C20H37N5S.HI/c1-16-8-12-25(13-9-16)17(18-7-6-14-26-18)15-23-19(21-5)22-10-11-24-20(2,3)4;/h6-7,14,16-17,24H,8-13,15H2,1-5H3,(H2,21,22,23);1H. The maximum Gasteiger partial charge on any atom is 0.191 e. The van der Waals surface area contributed by atoms with Crippen LogP contribution in [0.3, 0.4) is 0 Å². The summed E-state index contributed by atoms with van der Waals surface area (Å²) in [6.07, 6.45) is 2.60. The second kappa shape index (κ2) is 12.2. The SMILES string of the molecule is CN=C(NCCNC(C)(C)C)NCC(c1cccs1)N1CCC(C)CC1.I. The quantitative estimate of drug-likeness (QED) is 0.228. The Morgan fingerprint density at radius 2 is 1.96 bits per heavy atom. The summed E-state index contributed by atoms with van der Waals surface area (Å²) < 4.78 is 0. The van der Waals surface area contributed by atoms with E-state index in [1.54, 1.807) is 0 Å². The lowest BCUT2D eigenvalue weighted by molar-refractivity contribution is 0.140. The first-order valence-corrected chi connectivity index (χ1v) is 10.7. The lowest BCUT2D eigenvalue weighted by atomic mass is 9.97. The van der Waals surface area contributed by atoms with Crippen LogP contribution in [0.2, 0.25) is 0 Å². The highest BCUT2D eigenvalue weighted by Gasteiger charge is 2.25. The molecule has 1 fully saturated rings. The van der Waals surface area contributed by atoms with Crippen LogP contribution in [0.4, 0.5) is 0 Å². The Morgan fingerprint density at radius 1 is 1.26 bits per heavy atom. The summed E-state index contributed by atoms with van der Waals surface area (Å²) in [4.78, 5) is 8.46. The average molecular weight is 508 g/mol. The number of nitrogens with one attached hydrogen (secondary N) is 3. The molecule has 0 spiro atoms. The van der Waals surface area contributed by atoms with Crippen molar-refractivity contribution < 1.29 is 0 Å². The molecule has 1 aromatic heterocycles. The topological polar surface area (TPSA) is 51.7 Å². The Morgan fingerprint density at radius 3 is 2.52 bits per heavy atom. The highest BCUT2D eigenvalue weighted by molar-refractivity contribution is 14.0. The fourth-order valence-electron chi connectivity index (χ4n) is 3.26. The zero-order valence-electron chi connectivity index (χ0n) is 17.5. The van der Waals surface area contributed by atoms with Crippen molar-refractivity contribution in [3.05, 3.63) is 22.4 Å². The van der Waals surface area contributed by atoms with Crippen LogP contribution in [0.25, 0.3) is 0 Å². The second-order valence-electron chi connectivity index (χ2n) is 8.31. The molecule has 2 heterocycles. The summed E-state index contributed by atoms with van der Waals surface area (Å²) in [5.41, 5.74) is 0.147. The number of aliphatic imine (C=N–C) groups is 1. The van der Waals surface area contributed by atoms with Gasteiger partial charge < -0.3 is 16.0 Å². The molecule has 0 bridgehead atoms. The van der Waals surface area contributed by atoms with Crippen molar-refractivity contribution in [2.24, 2.45) is 10.9 Å². The molecule has 1 unspecified atom stereocenters. The van der Waals surface area contributed by atoms with Gasteiger partial charge in [-0.15, -0.1) is 35.3 Å². The van der Waals surface area contributed by atoms with Crippen molar-refractivity contribution in [1.29, 1.82) is 0 Å². The summed E-state index contributed by atoms with van der Waals surface area (Å²) in [7, 11) is 1.84. The monoisotopic (exact) mass is 507 g/mol. The number of halogens is 1. The van der Waals surface area contributed by atoms with E-state index >= 15 is 0 Å². The summed E-state index contributed by atoms with van der Waals surface area (Å²) in [5.74, 6) is 1.74. The molecule has 0 saturated carbocycles. The van der Waals surface area contributed by atoms with Gasteiger partial charge in [0.1, 0.15) is 0 Å². The first kappa shape index (κ1) is 24.7. The van der Waals surface area contributed by atoms with E-state index in [1.807, 2.05) is 18.4 Å². The third kappa shape index (κ3) is 9.11. The highest BCUT2D eigenvalue weighted by Crippen LogP contribution is 2.28. The molecule has 1 atom stereocenters. The van der Waals surface area contributed by atoms with Crippen molar-refractivity contribution >= 4 is 41.3 Å². The Labute approximate surface area is 186 Å². The fourth-order valence-corrected chi connectivity index (χ4v) is 4.12. The molecule has 1 aliphatic heterocycles. The molecular weight excluding hydrogens is 469 g/mol. The number of thiophene rings is 1. The van der Waals surface area contributed by atoms with Crippen LogP contribution in [-0.2, 0) is 0 Å². The Kier molecular flexibility index (Phi) is 11.2. The predicted molar refractivity (Wildman–Crippen MR) is 130 cm³/mol. The molecule has 27 heavy (non-hydrogen) atoms. The molecule has 1 aromatic rings. The number of rotatable bonds is 7. The number of hydrogen-bond acceptors (Lipinski definition) is 4. The molecule has 5 nitrogen and oxygen atoms in total. The summed E-state index contributed by atoms with van der Waals surface area (Å²) in [6, 6.07) is 4.84. The number of likely N-dealkylation sites (tertiary alicyclic amines) is 1. The minimum Gasteiger partial charge on any atom is -0.355 e. The van der Waals surface area contributed by atoms with E-state index in [4.69, 9.17) is 0 Å². The van der Waals surface area contributed by atoms with Gasteiger partial charge in [-0.3, -0.25) is 9.89 Å². The van der Waals surface area contributed by atoms with Gasteiger partial charge in [-0.2, -0.15) is 0 Å². The van der Waals surface area contributed by atoms with Gasteiger partial charge in [0.25, 0.3) is 0 Å². The number of piperidine rings is 1. The first-order valence-electron chi connectivity index (χ1n) is 9.86. The van der Waals surface area contributed by atoms with E-state index in [0.29, 0.717) is 6.04 Å². The van der Waals surface area contributed by atoms with Crippen molar-refractivity contribution in [2.75, 3.05) is 39.8 Å². The summed E-state index contributed by atoms with van der Waals surface area (Å²) in [5, 5.41) is 12.6. The maximum absolute atomic E-state index is 4.38. The summed E-state index contributed by atoms with van der Waals surface area (Å²) in [6.45, 7) is 14.0. The molecule has 0 aliphatic carbocycles. The van der Waals surface area contributed by atoms with Crippen LogP contribution in [0.5, 0.6) is 0 Å². The van der Waals surface area contributed by atoms with Gasteiger partial charge in [-0.05, 0) is 64.1 Å². The maximum atomic E-state index is 4.38. The second-order valence-corrected chi connectivity index (χ2v) is 9.29. The third-order valence-electron chi connectivity index (χ3n) is 4.89. The molecule has 0 aromatic carbocycles. The number of guanidine groups is 1. The van der Waals surface area contributed by atoms with Crippen LogP contribution in [0.1, 0.15) is 51.5 Å². The molecule has 1 aliphatic rings. The van der Waals surface area contributed by atoms with Crippen LogP contribution in [0, 0.1) is 5.92 Å². The van der Waals surface area contributed by atoms with Crippen molar-refractivity contribution in [2.45, 2.75) is 52.1 Å². The van der Waals surface area contributed by atoms with E-state index in [0.717, 1.165) is 31.5 Å². The minimum atomic E-state index is 0. The average Bonchev–Trinajstić information content (AvgIpc) is 3.12. The van der Waals surface area contributed by atoms with E-state index in [-0.39, 0.29) is 29.5 Å². The molecule has 156 valence electrons. The molecular formula is C20H38IN5S. The van der Waals surface area contributed by atoms with Gasteiger partial charge >= 0.3 is 0 Å². The lowest BCUT2D eigenvalue weighted by Gasteiger charge is -2.36. The largest absolute Gasteiger partial charge is 0.355 e. The van der Waals surface area contributed by atoms with Crippen molar-refractivity contribution in [1.82, 2.24) is 20.9 Å². The first-order chi connectivity index (χ1) is 12.4. The zero-order chi connectivity index (χ0) is 19.0. The van der Waals surface area contributed by atoms with Gasteiger partial charge in [0.2, 0.25) is 0 Å². The van der Waals surface area contributed by atoms with Crippen molar-refractivity contribution in [3.8, 4) is 0 Å². The molecule has 2 rings (SSSR count). The van der Waals surface area contributed by atoms with Gasteiger partial charge in [-0.1, -0.05) is 13.0 Å². The number of nitrogens with zero attached hydrogens (tertiary/aromatic N) is 2. The third-order valence-corrected chi connectivity index (χ3v) is 5.86. The van der Waals surface area contributed by atoms with Gasteiger partial charge in [0, 0.05) is 37.1 Å². The van der Waals surface area contributed by atoms with Crippen LogP contribution >= 0.6 is 35.3 Å². The van der Waals surface area contributed by atoms with Gasteiger partial charge in [-0.25, -0.2) is 0 Å². The molecule has 0 radical (unpaired) electrons. The lowest BCUT2D eigenvalue weighted by Crippen LogP contribution is -2.47. The number of hydrogen-bond donors (Lipinski definition) is 3. The van der Waals surface area contributed by atoms with Gasteiger partial charge in [0.05, 0.1) is 6.04 Å². The predicted octanol–water partition coefficient (Wildman–Crippen LogP) is 3.69. The molecule has 1 saturated heterocycles. The van der Waals surface area contributed by atoms with Crippen molar-refractivity contribution in [3.63, 3.8) is 0 Å². The van der Waals surface area contributed by atoms with E-state index in [9.17, 15) is 0 Å². The Balaban J connectivity index is 0.00000364. The normalized spacial score (nSPS) is 18.0. The fraction of sp³-hybridized carbons (Fsp3) is 0.750. The van der Waals surface area contributed by atoms with E-state index in [1.165, 1.54) is 30.8 Å². The van der Waals surface area contributed by atoms with E-state index in [2.05, 4.69) is 71.1 Å². The summed E-state index contributed by atoms with van der Waals surface area (Å²) >= 11 is 1.86. The Hall–Kier alpha value is -0.380.